The summed E-state index contributed by atoms with van der Waals surface area (Å²) in [7, 11) is -0.119. The van der Waals surface area contributed by atoms with E-state index in [0.29, 0.717) is 53.3 Å². The van der Waals surface area contributed by atoms with Gasteiger partial charge >= 0.3 is 6.09 Å². The largest absolute Gasteiger partial charge is 0.493 e. The maximum Gasteiger partial charge on any atom is 0.405 e. The maximum atomic E-state index is 14.9. The summed E-state index contributed by atoms with van der Waals surface area (Å²) in [6.07, 6.45) is 2.66. The molecule has 0 spiro atoms. The van der Waals surface area contributed by atoms with Crippen LogP contribution in [-0.2, 0) is 28.7 Å². The van der Waals surface area contributed by atoms with E-state index < -0.39 is 75.9 Å². The van der Waals surface area contributed by atoms with Gasteiger partial charge in [0, 0.05) is 78.8 Å². The van der Waals surface area contributed by atoms with Crippen molar-refractivity contribution in [2.45, 2.75) is 116 Å². The SMILES string of the molecule is COc1cc2c(cc1OCCCOc1cc3c(cc1OC)C(=O)N1C=C(c4ccc(NC(=O)[C@H](C)NC(=O)[C@@H](NC(=O)O)C(C)C)cc4)C[C@H]1C(=O)N3COCC[Si](C)(C)C)N(COCC[Si](C)(C)C)C(=O)[C@@H]1CC(c3ccc(F)cc3)=CN1C2=O. The first-order valence-corrected chi connectivity index (χ1v) is 36.2. The molecule has 4 atom stereocenters. The number of carbonyl (C=O) groups is 7. The molecule has 4 aromatic rings. The summed E-state index contributed by atoms with van der Waals surface area (Å²) >= 11 is 0. The van der Waals surface area contributed by atoms with E-state index in [0.717, 1.165) is 12.1 Å². The summed E-state index contributed by atoms with van der Waals surface area (Å²) in [5.74, 6) is -2.49. The van der Waals surface area contributed by atoms with E-state index in [1.165, 1.54) is 52.9 Å². The van der Waals surface area contributed by atoms with Crippen molar-refractivity contribution in [1.29, 1.82) is 0 Å². The highest BCUT2D eigenvalue weighted by atomic mass is 28.3. The molecule has 4 aromatic carbocycles. The molecule has 460 valence electrons. The Morgan fingerprint density at radius 2 is 1.06 bits per heavy atom. The molecule has 4 N–H and O–H groups in total. The molecule has 0 saturated carbocycles. The van der Waals surface area contributed by atoms with Crippen molar-refractivity contribution >= 4 is 85.9 Å². The van der Waals surface area contributed by atoms with Crippen molar-refractivity contribution < 1.29 is 71.5 Å². The third-order valence-corrected chi connectivity index (χ3v) is 18.6. The van der Waals surface area contributed by atoms with Crippen molar-refractivity contribution in [1.82, 2.24) is 20.4 Å². The number of anilines is 3. The summed E-state index contributed by atoms with van der Waals surface area (Å²) in [5.41, 5.74) is 4.20. The molecule has 7 amide bonds. The van der Waals surface area contributed by atoms with E-state index in [1.54, 1.807) is 86.9 Å². The van der Waals surface area contributed by atoms with E-state index in [-0.39, 0.29) is 97.1 Å². The van der Waals surface area contributed by atoms with Gasteiger partial charge in [-0.3, -0.25) is 38.6 Å². The fraction of sp³-hybridized carbons (Fsp3) is 0.435. The molecule has 4 heterocycles. The lowest BCUT2D eigenvalue weighted by atomic mass is 10.0. The van der Waals surface area contributed by atoms with Gasteiger partial charge in [-0.05, 0) is 83.6 Å². The van der Waals surface area contributed by atoms with Gasteiger partial charge < -0.3 is 59.3 Å². The fourth-order valence-corrected chi connectivity index (χ4v) is 11.7. The minimum Gasteiger partial charge on any atom is -0.493 e. The van der Waals surface area contributed by atoms with E-state index in [1.807, 2.05) is 0 Å². The number of halogens is 1. The zero-order valence-electron chi connectivity index (χ0n) is 50.7. The van der Waals surface area contributed by atoms with Crippen LogP contribution in [0.1, 0.15) is 71.9 Å². The van der Waals surface area contributed by atoms with Gasteiger partial charge in [0.15, 0.2) is 23.0 Å². The van der Waals surface area contributed by atoms with Crippen LogP contribution in [-0.4, -0.2) is 151 Å². The molecule has 0 aliphatic carbocycles. The Labute approximate surface area is 502 Å². The Bertz CT molecular complexity index is 3290. The van der Waals surface area contributed by atoms with Crippen LogP contribution in [0.3, 0.4) is 0 Å². The standard InChI is InChI=1S/C62H78FN7O14Si2/c1-37(2)55(66-62(77)78)57(72)64-38(3)56(71)65-44-19-15-40(16-20-44)42-28-50-61(76)70(36-82-24-26-86(9,10)11)48-32-54(52(80-5)30-46(48)59(74)68(50)34-42)84-22-12-21-83-53-31-47-45(29-51(53)79-4)58(73)67-33-41(39-13-17-43(63)18-14-39)27-49(67)60(75)69(47)35-81-23-25-85(6,7)8/h13-20,29-34,37-38,49-50,55,66H,12,21-28,35-36H2,1-11H3,(H,64,72)(H,65,71)(H,77,78)/t38-,49-,50-,55-/m0/s1. The predicted molar refractivity (Wildman–Crippen MR) is 328 cm³/mol. The lowest BCUT2D eigenvalue weighted by Gasteiger charge is -2.27. The van der Waals surface area contributed by atoms with Gasteiger partial charge in [0.1, 0.15) is 43.4 Å². The van der Waals surface area contributed by atoms with Gasteiger partial charge in [-0.15, -0.1) is 0 Å². The third kappa shape index (κ3) is 15.1. The van der Waals surface area contributed by atoms with Crippen LogP contribution in [0.15, 0.2) is 85.2 Å². The summed E-state index contributed by atoms with van der Waals surface area (Å²) in [6.45, 7) is 19.0. The monoisotopic (exact) mass is 1220 g/mol. The van der Waals surface area contributed by atoms with Gasteiger partial charge in [0.2, 0.25) is 11.8 Å². The van der Waals surface area contributed by atoms with Crippen molar-refractivity contribution in [3.63, 3.8) is 0 Å². The summed E-state index contributed by atoms with van der Waals surface area (Å²) in [6, 6.07) is 17.0. The number of carboxylic acid groups (broad SMARTS) is 1. The lowest BCUT2D eigenvalue weighted by molar-refractivity contribution is -0.128. The van der Waals surface area contributed by atoms with Gasteiger partial charge in [0.25, 0.3) is 23.6 Å². The number of fused-ring (bicyclic) bond motifs is 4. The number of ether oxygens (including phenoxy) is 6. The molecule has 0 aromatic heterocycles. The molecular formula is C62H78FN7O14Si2. The summed E-state index contributed by atoms with van der Waals surface area (Å²) < 4.78 is 50.5. The van der Waals surface area contributed by atoms with Crippen LogP contribution in [0.5, 0.6) is 23.0 Å². The zero-order valence-corrected chi connectivity index (χ0v) is 52.7. The number of hydrogen-bond acceptors (Lipinski definition) is 13. The lowest BCUT2D eigenvalue weighted by Crippen LogP contribution is -2.53. The molecule has 8 rings (SSSR count). The molecule has 4 aliphatic rings. The minimum absolute atomic E-state index is 0.0916. The molecule has 0 unspecified atom stereocenters. The second kappa shape index (κ2) is 27.1. The van der Waals surface area contributed by atoms with Crippen molar-refractivity contribution in [2.24, 2.45) is 5.92 Å². The average Bonchev–Trinajstić information content (AvgIpc) is 1.71. The molecule has 0 fully saturated rings. The second-order valence-electron chi connectivity index (χ2n) is 24.5. The molecule has 0 saturated heterocycles. The minimum atomic E-state index is -1.54. The van der Waals surface area contributed by atoms with E-state index in [9.17, 15) is 43.1 Å². The number of benzene rings is 4. The number of amides is 7. The maximum absolute atomic E-state index is 14.9. The van der Waals surface area contributed by atoms with Crippen molar-refractivity contribution in [2.75, 3.05) is 69.2 Å². The first-order valence-electron chi connectivity index (χ1n) is 28.8. The summed E-state index contributed by atoms with van der Waals surface area (Å²) in [4.78, 5) is 102. The van der Waals surface area contributed by atoms with E-state index in [2.05, 4.69) is 55.2 Å². The first kappa shape index (κ1) is 63.9. The highest BCUT2D eigenvalue weighted by Gasteiger charge is 2.45. The van der Waals surface area contributed by atoms with Gasteiger partial charge in [-0.2, -0.15) is 0 Å². The Morgan fingerprint density at radius 3 is 1.47 bits per heavy atom. The zero-order chi connectivity index (χ0) is 62.4. The molecule has 86 heavy (non-hydrogen) atoms. The number of nitrogens with zero attached hydrogens (tertiary/aromatic N) is 4. The van der Waals surface area contributed by atoms with Crippen LogP contribution in [0.4, 0.5) is 26.2 Å². The van der Waals surface area contributed by atoms with Crippen LogP contribution >= 0.6 is 0 Å². The highest BCUT2D eigenvalue weighted by Crippen LogP contribution is 2.44. The molecule has 0 radical (unpaired) electrons. The molecule has 4 aliphatic heterocycles. The normalized spacial score (nSPS) is 17.4. The van der Waals surface area contributed by atoms with Crippen LogP contribution in [0.2, 0.25) is 51.4 Å². The van der Waals surface area contributed by atoms with E-state index >= 15 is 0 Å². The van der Waals surface area contributed by atoms with Crippen LogP contribution in [0.25, 0.3) is 11.1 Å². The first-order chi connectivity index (χ1) is 40.7. The topological polar surface area (TPSA) is 244 Å². The van der Waals surface area contributed by atoms with Crippen LogP contribution in [0, 0.1) is 11.7 Å². The smallest absolute Gasteiger partial charge is 0.405 e. The Morgan fingerprint density at radius 1 is 0.616 bits per heavy atom. The average molecular weight is 1220 g/mol. The number of rotatable bonds is 26. The predicted octanol–water partition coefficient (Wildman–Crippen LogP) is 9.26. The number of nitrogens with one attached hydrogen (secondary N) is 3. The van der Waals surface area contributed by atoms with Crippen molar-refractivity contribution in [3.8, 4) is 23.0 Å². The Kier molecular flexibility index (Phi) is 20.2. The van der Waals surface area contributed by atoms with Gasteiger partial charge in [-0.1, -0.05) is 77.4 Å². The molecule has 21 nitrogen and oxygen atoms in total. The Balaban J connectivity index is 0.981. The number of hydrogen-bond donors (Lipinski definition) is 4. The van der Waals surface area contributed by atoms with Crippen LogP contribution < -0.4 is 44.7 Å². The van der Waals surface area contributed by atoms with E-state index in [4.69, 9.17) is 28.4 Å². The molecular weight excluding hydrogens is 1140 g/mol. The fourth-order valence-electron chi connectivity index (χ4n) is 10.2. The quantitative estimate of drug-likeness (QED) is 0.0338. The van der Waals surface area contributed by atoms with Crippen molar-refractivity contribution in [3.05, 3.63) is 113 Å². The highest BCUT2D eigenvalue weighted by molar-refractivity contribution is 6.76. The molecule has 0 bridgehead atoms. The second-order valence-corrected chi connectivity index (χ2v) is 35.7. The Hall–Kier alpha value is -8.07. The molecule has 24 heteroatoms. The van der Waals surface area contributed by atoms with Gasteiger partial charge in [0.05, 0.1) is 49.9 Å². The number of methoxy groups -OCH3 is 2. The van der Waals surface area contributed by atoms with Gasteiger partial charge in [-0.25, -0.2) is 9.18 Å². The third-order valence-electron chi connectivity index (χ3n) is 15.2. The summed E-state index contributed by atoms with van der Waals surface area (Å²) in [5, 5.41) is 16.7. The number of carbonyl (C=O) groups excluding carboxylic acids is 6.